The van der Waals surface area contributed by atoms with Gasteiger partial charge < -0.3 is 16.2 Å². The number of nitrogens with zero attached hydrogens (tertiary/aromatic N) is 3. The van der Waals surface area contributed by atoms with Gasteiger partial charge in [0, 0.05) is 26.5 Å². The number of hydrogen-bond donors (Lipinski definition) is 3. The molecule has 3 aromatic rings. The minimum absolute atomic E-state index is 0.0351. The molecule has 2 atom stereocenters. The zero-order valence-corrected chi connectivity index (χ0v) is 15.6. The molecule has 0 unspecified atom stereocenters. The fourth-order valence-electron chi connectivity index (χ4n) is 2.80. The van der Waals surface area contributed by atoms with Gasteiger partial charge in [0.15, 0.2) is 0 Å². The monoisotopic (exact) mass is 424 g/mol. The lowest BCUT2D eigenvalue weighted by atomic mass is 9.86. The van der Waals surface area contributed by atoms with E-state index in [-0.39, 0.29) is 16.3 Å². The van der Waals surface area contributed by atoms with E-state index in [0.717, 1.165) is 23.1 Å². The van der Waals surface area contributed by atoms with Gasteiger partial charge in [-0.25, -0.2) is 18.4 Å². The van der Waals surface area contributed by atoms with Gasteiger partial charge in [0.05, 0.1) is 18.2 Å². The van der Waals surface area contributed by atoms with E-state index in [4.69, 9.17) is 21.4 Å². The molecule has 7 nitrogen and oxygen atoms in total. The smallest absolute Gasteiger partial charge is 0.253 e. The van der Waals surface area contributed by atoms with Crippen LogP contribution in [0.1, 0.15) is 26.9 Å². The molecule has 0 saturated carbocycles. The summed E-state index contributed by atoms with van der Waals surface area (Å²) in [5, 5.41) is 17.9. The third kappa shape index (κ3) is 4.36. The van der Waals surface area contributed by atoms with E-state index >= 15 is 0 Å². The normalized spacial score (nSPS) is 16.2. The Morgan fingerprint density at radius 3 is 2.83 bits per heavy atom. The zero-order chi connectivity index (χ0) is 23.7. The largest absolute Gasteiger partial charge is 0.398 e. The number of anilines is 1. The zero-order valence-electron chi connectivity index (χ0n) is 17.8. The molecule has 0 aliphatic carbocycles. The average molecular weight is 425 g/mol. The second-order valence-electron chi connectivity index (χ2n) is 6.28. The van der Waals surface area contributed by atoms with Crippen LogP contribution in [-0.2, 0) is 12.1 Å². The van der Waals surface area contributed by atoms with E-state index in [1.54, 1.807) is 0 Å². The van der Waals surface area contributed by atoms with Crippen LogP contribution in [0.5, 0.6) is 0 Å². The van der Waals surface area contributed by atoms with Crippen molar-refractivity contribution in [1.29, 1.82) is 0 Å². The van der Waals surface area contributed by atoms with Gasteiger partial charge in [-0.1, -0.05) is 17.7 Å². The Bertz CT molecular complexity index is 1130. The van der Waals surface area contributed by atoms with Crippen LogP contribution in [0.3, 0.4) is 0 Å². The Balaban J connectivity index is 2.11. The lowest BCUT2D eigenvalue weighted by Gasteiger charge is -2.35. The molecule has 4 N–H and O–H groups in total. The summed E-state index contributed by atoms with van der Waals surface area (Å²) >= 11 is 5.83. The molecular formula is C19H18ClF2N5O2. The summed E-state index contributed by atoms with van der Waals surface area (Å²) in [6.45, 7) is -3.65. The van der Waals surface area contributed by atoms with Crippen molar-refractivity contribution in [3.05, 3.63) is 76.8 Å². The Kier molecular flexibility index (Phi) is 4.74. The minimum Gasteiger partial charge on any atom is -0.398 e. The van der Waals surface area contributed by atoms with Gasteiger partial charge >= 0.3 is 0 Å². The number of carbonyl (C=O) groups is 1. The molecule has 10 heteroatoms. The number of aliphatic hydroxyl groups is 1. The van der Waals surface area contributed by atoms with Crippen LogP contribution in [0.4, 0.5) is 14.5 Å². The number of nitrogens with two attached hydrogens (primary N) is 1. The van der Waals surface area contributed by atoms with Crippen LogP contribution in [0.15, 0.2) is 49.1 Å². The van der Waals surface area contributed by atoms with Crippen molar-refractivity contribution in [1.82, 2.24) is 20.1 Å². The van der Waals surface area contributed by atoms with Crippen LogP contribution in [0.25, 0.3) is 0 Å². The standard InChI is InChI=1S/C19H18ClF2N5O2/c1-11(26-18(28)14-4-2-12(20)6-17(14)23)19(29,8-27-10-24-9-25-27)15-5-3-13(21)7-16(15)22/h2-7,9-11,29H,8,23H2,1H3,(H,26,28)/t11-,19-/m1/s1/i1D3. The molecular weight excluding hydrogens is 404 g/mol. The molecule has 3 rings (SSSR count). The number of aromatic nitrogens is 3. The summed E-state index contributed by atoms with van der Waals surface area (Å²) in [7, 11) is 0. The van der Waals surface area contributed by atoms with Crippen molar-refractivity contribution >= 4 is 23.2 Å². The van der Waals surface area contributed by atoms with Gasteiger partial charge in [-0.2, -0.15) is 5.10 Å². The maximum absolute atomic E-state index is 14.7. The fourth-order valence-corrected chi connectivity index (χ4v) is 2.98. The van der Waals surface area contributed by atoms with Crippen molar-refractivity contribution in [3.8, 4) is 0 Å². The van der Waals surface area contributed by atoms with Crippen LogP contribution in [0.2, 0.25) is 5.02 Å². The van der Waals surface area contributed by atoms with E-state index < -0.39 is 48.1 Å². The minimum atomic E-state index is -3.03. The molecule has 0 aliphatic rings. The summed E-state index contributed by atoms with van der Waals surface area (Å²) < 4.78 is 53.1. The lowest BCUT2D eigenvalue weighted by molar-refractivity contribution is -0.0186. The van der Waals surface area contributed by atoms with Gasteiger partial charge in [0.2, 0.25) is 0 Å². The van der Waals surface area contributed by atoms with Crippen LogP contribution in [-0.4, -0.2) is 31.8 Å². The van der Waals surface area contributed by atoms with Gasteiger partial charge in [-0.3, -0.25) is 4.79 Å². The van der Waals surface area contributed by atoms with E-state index in [1.807, 2.05) is 0 Å². The lowest BCUT2D eigenvalue weighted by Crippen LogP contribution is -2.52. The molecule has 0 saturated heterocycles. The third-order valence-electron chi connectivity index (χ3n) is 4.28. The van der Waals surface area contributed by atoms with Crippen molar-refractivity contribution in [2.24, 2.45) is 0 Å². The quantitative estimate of drug-likeness (QED) is 0.527. The molecule has 1 aromatic heterocycles. The first-order valence-electron chi connectivity index (χ1n) is 9.78. The Labute approximate surface area is 174 Å². The van der Waals surface area contributed by atoms with Gasteiger partial charge in [0.25, 0.3) is 5.91 Å². The molecule has 1 amide bonds. The first kappa shape index (κ1) is 16.9. The van der Waals surface area contributed by atoms with E-state index in [0.29, 0.717) is 6.07 Å². The summed E-state index contributed by atoms with van der Waals surface area (Å²) in [4.78, 5) is 16.6. The predicted molar refractivity (Wildman–Crippen MR) is 103 cm³/mol. The van der Waals surface area contributed by atoms with Gasteiger partial charge in [-0.15, -0.1) is 0 Å². The van der Waals surface area contributed by atoms with Crippen LogP contribution in [0, 0.1) is 11.6 Å². The molecule has 0 aliphatic heterocycles. The maximum Gasteiger partial charge on any atom is 0.253 e. The topological polar surface area (TPSA) is 106 Å². The maximum atomic E-state index is 14.7. The Morgan fingerprint density at radius 1 is 1.41 bits per heavy atom. The molecule has 0 bridgehead atoms. The summed E-state index contributed by atoms with van der Waals surface area (Å²) in [6, 6.07) is 4.15. The number of nitrogen functional groups attached to an aromatic ring is 1. The molecule has 29 heavy (non-hydrogen) atoms. The third-order valence-corrected chi connectivity index (χ3v) is 4.51. The highest BCUT2D eigenvalue weighted by Crippen LogP contribution is 2.30. The highest BCUT2D eigenvalue weighted by Gasteiger charge is 2.40. The summed E-state index contributed by atoms with van der Waals surface area (Å²) in [6.07, 6.45) is 2.29. The van der Waals surface area contributed by atoms with Crippen molar-refractivity contribution in [3.63, 3.8) is 0 Å². The van der Waals surface area contributed by atoms with E-state index in [2.05, 4.69) is 15.4 Å². The second-order valence-corrected chi connectivity index (χ2v) is 6.72. The Morgan fingerprint density at radius 2 is 2.21 bits per heavy atom. The highest BCUT2D eigenvalue weighted by molar-refractivity contribution is 6.31. The summed E-state index contributed by atoms with van der Waals surface area (Å²) in [5.41, 5.74) is 2.52. The second kappa shape index (κ2) is 8.14. The SMILES string of the molecule is [2H]C([2H])([2H])[C@@H](NC(=O)c1ccc(Cl)cc1N)[C@](O)(Cn1cncn1)c1ccc(F)cc1F. The molecule has 0 fully saturated rings. The van der Waals surface area contributed by atoms with Gasteiger partial charge in [0.1, 0.15) is 29.9 Å². The number of amides is 1. The average Bonchev–Trinajstić information content (AvgIpc) is 3.17. The van der Waals surface area contributed by atoms with E-state index in [1.165, 1.54) is 24.5 Å². The predicted octanol–water partition coefficient (Wildman–Crippen LogP) is 2.50. The number of benzene rings is 2. The van der Waals surface area contributed by atoms with Crippen molar-refractivity contribution in [2.45, 2.75) is 25.0 Å². The molecule has 0 spiro atoms. The van der Waals surface area contributed by atoms with E-state index in [9.17, 15) is 18.7 Å². The number of rotatable bonds is 6. The molecule has 152 valence electrons. The molecule has 2 aromatic carbocycles. The van der Waals surface area contributed by atoms with Crippen molar-refractivity contribution in [2.75, 3.05) is 5.73 Å². The summed E-state index contributed by atoms with van der Waals surface area (Å²) in [5.74, 6) is -3.08. The first-order valence-corrected chi connectivity index (χ1v) is 8.66. The fraction of sp³-hybridized carbons (Fsp3) is 0.211. The van der Waals surface area contributed by atoms with Crippen LogP contribution >= 0.6 is 11.6 Å². The molecule has 1 heterocycles. The number of halogens is 3. The Hall–Kier alpha value is -3.04. The van der Waals surface area contributed by atoms with Crippen molar-refractivity contribution < 1.29 is 22.8 Å². The van der Waals surface area contributed by atoms with Crippen LogP contribution < -0.4 is 11.1 Å². The first-order chi connectivity index (χ1) is 14.9. The number of nitrogens with one attached hydrogen (secondary N) is 1. The molecule has 0 radical (unpaired) electrons. The number of hydrogen-bond acceptors (Lipinski definition) is 5. The highest BCUT2D eigenvalue weighted by atomic mass is 35.5. The number of carbonyl (C=O) groups excluding carboxylic acids is 1. The van der Waals surface area contributed by atoms with Gasteiger partial charge in [-0.05, 0) is 31.1 Å².